The van der Waals surface area contributed by atoms with Crippen LogP contribution in [-0.2, 0) is 10.2 Å². The zero-order valence-electron chi connectivity index (χ0n) is 8.41. The third kappa shape index (κ3) is 1.34. The Hall–Kier alpha value is -1.73. The highest BCUT2D eigenvalue weighted by Crippen LogP contribution is 2.62. The van der Waals surface area contributed by atoms with Gasteiger partial charge in [-0.25, -0.2) is 26.3 Å². The third-order valence-electron chi connectivity index (χ3n) is 2.91. The summed E-state index contributed by atoms with van der Waals surface area (Å²) in [6.45, 7) is 0. The lowest BCUT2D eigenvalue weighted by Crippen LogP contribution is -2.29. The van der Waals surface area contributed by atoms with Crippen LogP contribution < -0.4 is 0 Å². The van der Waals surface area contributed by atoms with Crippen molar-refractivity contribution in [3.8, 4) is 0 Å². The molecule has 1 aromatic carbocycles. The van der Waals surface area contributed by atoms with Crippen LogP contribution >= 0.6 is 0 Å². The molecule has 0 amide bonds. The second-order valence-corrected chi connectivity index (χ2v) is 3.94. The van der Waals surface area contributed by atoms with E-state index in [4.69, 9.17) is 5.11 Å². The fourth-order valence-electron chi connectivity index (χ4n) is 1.81. The quantitative estimate of drug-likeness (QED) is 0.509. The Morgan fingerprint density at radius 1 is 1.11 bits per heavy atom. The number of carbonyl (C=O) groups is 1. The van der Waals surface area contributed by atoms with Crippen LogP contribution in [0.25, 0.3) is 0 Å². The topological polar surface area (TPSA) is 37.3 Å². The van der Waals surface area contributed by atoms with E-state index >= 15 is 0 Å². The highest BCUT2D eigenvalue weighted by molar-refractivity contribution is 5.87. The van der Waals surface area contributed by atoms with Crippen LogP contribution in [0.4, 0.5) is 26.3 Å². The Morgan fingerprint density at radius 2 is 1.61 bits per heavy atom. The first-order valence-corrected chi connectivity index (χ1v) is 4.60. The van der Waals surface area contributed by atoms with Gasteiger partial charge >= 0.3 is 5.97 Å². The van der Waals surface area contributed by atoms with Crippen LogP contribution in [0.3, 0.4) is 0 Å². The predicted octanol–water partition coefficient (Wildman–Crippen LogP) is 2.60. The molecule has 1 aliphatic carbocycles. The minimum absolute atomic E-state index is 0.0528. The van der Waals surface area contributed by atoms with E-state index in [1.54, 1.807) is 0 Å². The Kier molecular flexibility index (Phi) is 2.40. The van der Waals surface area contributed by atoms with Gasteiger partial charge in [0.2, 0.25) is 0 Å². The first kappa shape index (κ1) is 12.7. The van der Waals surface area contributed by atoms with Gasteiger partial charge < -0.3 is 5.11 Å². The number of rotatable bonds is 2. The van der Waals surface area contributed by atoms with Gasteiger partial charge in [0.1, 0.15) is 0 Å². The SMILES string of the molecule is O=C(O)C1(c2cc(F)c(F)c(F)c2F)CC1(F)F. The molecule has 0 radical (unpaired) electrons. The molecule has 98 valence electrons. The predicted molar refractivity (Wildman–Crippen MR) is 45.2 cm³/mol. The summed E-state index contributed by atoms with van der Waals surface area (Å²) in [6.07, 6.45) is -1.29. The van der Waals surface area contributed by atoms with Gasteiger partial charge in [-0.3, -0.25) is 4.79 Å². The zero-order chi connectivity index (χ0) is 13.9. The van der Waals surface area contributed by atoms with E-state index in [9.17, 15) is 31.1 Å². The highest BCUT2D eigenvalue weighted by Gasteiger charge is 2.78. The monoisotopic (exact) mass is 270 g/mol. The Balaban J connectivity index is 2.70. The maximum Gasteiger partial charge on any atom is 0.320 e. The molecular weight excluding hydrogens is 266 g/mol. The third-order valence-corrected chi connectivity index (χ3v) is 2.91. The van der Waals surface area contributed by atoms with Gasteiger partial charge in [-0.1, -0.05) is 0 Å². The first-order chi connectivity index (χ1) is 8.15. The summed E-state index contributed by atoms with van der Waals surface area (Å²) in [7, 11) is 0. The molecule has 1 aromatic rings. The summed E-state index contributed by atoms with van der Waals surface area (Å²) in [5, 5.41) is 8.68. The molecule has 2 rings (SSSR count). The number of carboxylic acids is 1. The van der Waals surface area contributed by atoms with Crippen LogP contribution in [0.5, 0.6) is 0 Å². The largest absolute Gasteiger partial charge is 0.480 e. The van der Waals surface area contributed by atoms with Gasteiger partial charge in [0.15, 0.2) is 28.7 Å². The molecule has 18 heavy (non-hydrogen) atoms. The van der Waals surface area contributed by atoms with E-state index in [1.165, 1.54) is 0 Å². The fourth-order valence-corrected chi connectivity index (χ4v) is 1.81. The summed E-state index contributed by atoms with van der Waals surface area (Å²) >= 11 is 0. The van der Waals surface area contributed by atoms with Crippen molar-refractivity contribution in [2.24, 2.45) is 0 Å². The molecular formula is C10H4F6O2. The number of aliphatic carboxylic acids is 1. The average molecular weight is 270 g/mol. The summed E-state index contributed by atoms with van der Waals surface area (Å²) in [5.41, 5.74) is -4.43. The number of alkyl halides is 2. The zero-order valence-corrected chi connectivity index (χ0v) is 8.41. The minimum atomic E-state index is -3.84. The molecule has 1 unspecified atom stereocenters. The summed E-state index contributed by atoms with van der Waals surface area (Å²) in [6, 6.07) is -0.0528. The van der Waals surface area contributed by atoms with Crippen LogP contribution in [0, 0.1) is 23.3 Å². The molecule has 0 saturated heterocycles. The van der Waals surface area contributed by atoms with E-state index in [0.29, 0.717) is 0 Å². The van der Waals surface area contributed by atoms with E-state index in [2.05, 4.69) is 0 Å². The van der Waals surface area contributed by atoms with E-state index in [0.717, 1.165) is 0 Å². The summed E-state index contributed by atoms with van der Waals surface area (Å²) in [4.78, 5) is 10.8. The maximum atomic E-state index is 13.3. The van der Waals surface area contributed by atoms with Gasteiger partial charge in [-0.2, -0.15) is 0 Å². The molecule has 1 N–H and O–H groups in total. The smallest absolute Gasteiger partial charge is 0.320 e. The summed E-state index contributed by atoms with van der Waals surface area (Å²) < 4.78 is 77.8. The summed E-state index contributed by atoms with van der Waals surface area (Å²) in [5.74, 6) is -14.5. The molecule has 1 atom stereocenters. The van der Waals surface area contributed by atoms with Crippen LogP contribution in [0.1, 0.15) is 12.0 Å². The van der Waals surface area contributed by atoms with Gasteiger partial charge in [-0.05, 0) is 6.07 Å². The molecule has 0 heterocycles. The lowest BCUT2D eigenvalue weighted by Gasteiger charge is -2.13. The first-order valence-electron chi connectivity index (χ1n) is 4.60. The molecule has 1 aliphatic rings. The minimum Gasteiger partial charge on any atom is -0.480 e. The van der Waals surface area contributed by atoms with Gasteiger partial charge in [0.05, 0.1) is 0 Å². The molecule has 0 aromatic heterocycles. The Bertz CT molecular complexity index is 556. The normalized spacial score (nSPS) is 25.0. The van der Waals surface area contributed by atoms with Crippen molar-refractivity contribution in [3.63, 3.8) is 0 Å². The number of carboxylic acid groups (broad SMARTS) is 1. The molecule has 0 spiro atoms. The van der Waals surface area contributed by atoms with Crippen LogP contribution in [0.15, 0.2) is 6.07 Å². The van der Waals surface area contributed by atoms with Gasteiger partial charge in [-0.15, -0.1) is 0 Å². The van der Waals surface area contributed by atoms with Crippen molar-refractivity contribution in [2.75, 3.05) is 0 Å². The number of halogens is 6. The average Bonchev–Trinajstić information content (AvgIpc) is 2.85. The molecule has 2 nitrogen and oxygen atoms in total. The number of hydrogen-bond acceptors (Lipinski definition) is 1. The molecule has 8 heteroatoms. The standard InChI is InChI=1S/C10H4F6O2/c11-4-1-3(5(12)7(14)6(4)13)9(8(17)18)2-10(9,15)16/h1H,2H2,(H,17,18). The second kappa shape index (κ2) is 3.39. The van der Waals surface area contributed by atoms with Crippen molar-refractivity contribution in [2.45, 2.75) is 17.8 Å². The second-order valence-electron chi connectivity index (χ2n) is 3.94. The van der Waals surface area contributed by atoms with Crippen molar-refractivity contribution >= 4 is 5.97 Å². The van der Waals surface area contributed by atoms with E-state index < -0.39 is 52.6 Å². The fraction of sp³-hybridized carbons (Fsp3) is 0.300. The molecule has 1 fully saturated rings. The van der Waals surface area contributed by atoms with Crippen molar-refractivity contribution in [3.05, 3.63) is 34.9 Å². The van der Waals surface area contributed by atoms with E-state index in [-0.39, 0.29) is 6.07 Å². The Labute approximate surface area is 95.8 Å². The van der Waals surface area contributed by atoms with Crippen molar-refractivity contribution in [1.29, 1.82) is 0 Å². The van der Waals surface area contributed by atoms with Gasteiger partial charge in [0.25, 0.3) is 5.92 Å². The maximum absolute atomic E-state index is 13.3. The van der Waals surface area contributed by atoms with Crippen LogP contribution in [0.2, 0.25) is 0 Å². The van der Waals surface area contributed by atoms with Crippen molar-refractivity contribution in [1.82, 2.24) is 0 Å². The number of hydrogen-bond donors (Lipinski definition) is 1. The van der Waals surface area contributed by atoms with E-state index in [1.807, 2.05) is 0 Å². The van der Waals surface area contributed by atoms with Gasteiger partial charge in [0, 0.05) is 12.0 Å². The lowest BCUT2D eigenvalue weighted by molar-refractivity contribution is -0.143. The van der Waals surface area contributed by atoms with Crippen molar-refractivity contribution < 1.29 is 36.2 Å². The Morgan fingerprint density at radius 3 is 2.00 bits per heavy atom. The molecule has 1 saturated carbocycles. The molecule has 0 bridgehead atoms. The van der Waals surface area contributed by atoms with Crippen LogP contribution in [-0.4, -0.2) is 17.0 Å². The lowest BCUT2D eigenvalue weighted by atomic mass is 9.94. The number of benzene rings is 1. The molecule has 0 aliphatic heterocycles. The highest BCUT2D eigenvalue weighted by atomic mass is 19.3.